The Bertz CT molecular complexity index is 446. The Kier molecular flexibility index (Phi) is 2.83. The van der Waals surface area contributed by atoms with Gasteiger partial charge in [-0.3, -0.25) is 0 Å². The van der Waals surface area contributed by atoms with Gasteiger partial charge in [-0.25, -0.2) is 9.97 Å². The lowest BCUT2D eigenvalue weighted by atomic mass is 10.2. The van der Waals surface area contributed by atoms with Crippen molar-refractivity contribution in [2.75, 3.05) is 0 Å². The lowest BCUT2D eigenvalue weighted by Gasteiger charge is -2.10. The monoisotopic (exact) mass is 222 g/mol. The zero-order valence-electron chi connectivity index (χ0n) is 8.84. The van der Waals surface area contributed by atoms with E-state index in [0.717, 1.165) is 22.3 Å². The molecule has 1 atom stereocenters. The Morgan fingerprint density at radius 1 is 1.53 bits per heavy atom. The second kappa shape index (κ2) is 4.12. The van der Waals surface area contributed by atoms with Gasteiger partial charge in [-0.1, -0.05) is 0 Å². The number of aryl methyl sites for hydroxylation is 2. The zero-order chi connectivity index (χ0) is 10.8. The van der Waals surface area contributed by atoms with Crippen molar-refractivity contribution in [1.29, 1.82) is 0 Å². The van der Waals surface area contributed by atoms with Crippen LogP contribution >= 0.6 is 11.3 Å². The van der Waals surface area contributed by atoms with E-state index < -0.39 is 0 Å². The van der Waals surface area contributed by atoms with E-state index in [1.165, 1.54) is 0 Å². The minimum Gasteiger partial charge on any atom is -0.334 e. The first-order valence-corrected chi connectivity index (χ1v) is 5.73. The molecule has 2 heterocycles. The lowest BCUT2D eigenvalue weighted by Crippen LogP contribution is -2.16. The highest BCUT2D eigenvalue weighted by molar-refractivity contribution is 7.11. The van der Waals surface area contributed by atoms with Crippen molar-refractivity contribution in [3.63, 3.8) is 0 Å². The van der Waals surface area contributed by atoms with Gasteiger partial charge in [0, 0.05) is 30.0 Å². The molecule has 1 unspecified atom stereocenters. The van der Waals surface area contributed by atoms with Crippen LogP contribution in [0.2, 0.25) is 0 Å². The number of nitrogens with zero attached hydrogens (tertiary/aromatic N) is 3. The van der Waals surface area contributed by atoms with Crippen LogP contribution in [0.4, 0.5) is 0 Å². The van der Waals surface area contributed by atoms with Gasteiger partial charge in [-0.05, 0) is 13.8 Å². The summed E-state index contributed by atoms with van der Waals surface area (Å²) in [6.45, 7) is 4.95. The maximum Gasteiger partial charge on any atom is 0.131 e. The van der Waals surface area contributed by atoms with Crippen LogP contribution in [0.5, 0.6) is 0 Å². The largest absolute Gasteiger partial charge is 0.334 e. The first-order valence-electron chi connectivity index (χ1n) is 4.91. The summed E-state index contributed by atoms with van der Waals surface area (Å²) in [5, 5.41) is 1.04. The van der Waals surface area contributed by atoms with Crippen molar-refractivity contribution in [1.82, 2.24) is 14.5 Å². The van der Waals surface area contributed by atoms with Crippen LogP contribution < -0.4 is 5.73 Å². The first-order chi connectivity index (χ1) is 7.22. The molecule has 2 aromatic heterocycles. The van der Waals surface area contributed by atoms with Gasteiger partial charge in [0.25, 0.3) is 0 Å². The zero-order valence-corrected chi connectivity index (χ0v) is 9.66. The Hall–Kier alpha value is -1.20. The number of hydrogen-bond acceptors (Lipinski definition) is 4. The number of hydrogen-bond donors (Lipinski definition) is 1. The molecule has 15 heavy (non-hydrogen) atoms. The third kappa shape index (κ3) is 1.93. The lowest BCUT2D eigenvalue weighted by molar-refractivity contribution is 0.661. The molecule has 2 rings (SSSR count). The molecule has 2 aromatic rings. The van der Waals surface area contributed by atoms with E-state index in [9.17, 15) is 0 Å². The van der Waals surface area contributed by atoms with E-state index >= 15 is 0 Å². The van der Waals surface area contributed by atoms with E-state index in [-0.39, 0.29) is 6.04 Å². The third-order valence-electron chi connectivity index (χ3n) is 2.31. The molecule has 0 spiro atoms. The minimum atomic E-state index is -0.161. The quantitative estimate of drug-likeness (QED) is 0.860. The van der Waals surface area contributed by atoms with Crippen molar-refractivity contribution >= 4 is 11.3 Å². The molecule has 2 N–H and O–H groups in total. The van der Waals surface area contributed by atoms with Crippen molar-refractivity contribution < 1.29 is 0 Å². The molecule has 0 aliphatic carbocycles. The van der Waals surface area contributed by atoms with Crippen molar-refractivity contribution in [3.8, 4) is 0 Å². The molecule has 4 nitrogen and oxygen atoms in total. The molecular formula is C10H14N4S. The summed E-state index contributed by atoms with van der Waals surface area (Å²) in [5.41, 5.74) is 6.14. The summed E-state index contributed by atoms with van der Waals surface area (Å²) in [4.78, 5) is 9.56. The molecule has 0 aromatic carbocycles. The normalized spacial score (nSPS) is 13.0. The number of nitrogens with two attached hydrogens (primary N) is 1. The highest BCUT2D eigenvalue weighted by Crippen LogP contribution is 2.23. The van der Waals surface area contributed by atoms with E-state index in [4.69, 9.17) is 5.73 Å². The average molecular weight is 222 g/mol. The third-order valence-corrected chi connectivity index (χ3v) is 3.31. The Labute approximate surface area is 92.8 Å². The van der Waals surface area contributed by atoms with Gasteiger partial charge in [-0.2, -0.15) is 0 Å². The predicted molar refractivity (Wildman–Crippen MR) is 60.8 cm³/mol. The molecule has 0 amide bonds. The van der Waals surface area contributed by atoms with E-state index in [1.54, 1.807) is 17.5 Å². The summed E-state index contributed by atoms with van der Waals surface area (Å²) < 4.78 is 2.06. The summed E-state index contributed by atoms with van der Waals surface area (Å²) in [6, 6.07) is -0.161. The predicted octanol–water partition coefficient (Wildman–Crippen LogP) is 1.72. The topological polar surface area (TPSA) is 56.7 Å². The smallest absolute Gasteiger partial charge is 0.131 e. The summed E-state index contributed by atoms with van der Waals surface area (Å²) in [5.74, 6) is 0.904. The second-order valence-corrected chi connectivity index (χ2v) is 4.60. The van der Waals surface area contributed by atoms with Gasteiger partial charge in [0.15, 0.2) is 0 Å². The van der Waals surface area contributed by atoms with Gasteiger partial charge in [0.05, 0.1) is 11.0 Å². The van der Waals surface area contributed by atoms with Gasteiger partial charge < -0.3 is 10.3 Å². The maximum atomic E-state index is 6.14. The summed E-state index contributed by atoms with van der Waals surface area (Å²) in [6.07, 6.45) is 5.56. The van der Waals surface area contributed by atoms with Crippen molar-refractivity contribution in [2.24, 2.45) is 5.73 Å². The summed E-state index contributed by atoms with van der Waals surface area (Å²) >= 11 is 1.62. The Morgan fingerprint density at radius 2 is 2.33 bits per heavy atom. The van der Waals surface area contributed by atoms with Crippen LogP contribution in [-0.2, 0) is 6.54 Å². The fraction of sp³-hybridized carbons (Fsp3) is 0.400. The van der Waals surface area contributed by atoms with Crippen LogP contribution in [0, 0.1) is 6.92 Å². The molecule has 5 heteroatoms. The Balaban J connectivity index is 2.31. The molecule has 0 aliphatic heterocycles. The summed E-state index contributed by atoms with van der Waals surface area (Å²) in [7, 11) is 0. The highest BCUT2D eigenvalue weighted by atomic mass is 32.1. The van der Waals surface area contributed by atoms with Gasteiger partial charge >= 0.3 is 0 Å². The van der Waals surface area contributed by atoms with Crippen LogP contribution in [0.15, 0.2) is 18.6 Å². The van der Waals surface area contributed by atoms with Crippen LogP contribution in [0.3, 0.4) is 0 Å². The van der Waals surface area contributed by atoms with Gasteiger partial charge in [0.2, 0.25) is 0 Å². The van der Waals surface area contributed by atoms with Crippen molar-refractivity contribution in [2.45, 2.75) is 26.4 Å². The van der Waals surface area contributed by atoms with Crippen LogP contribution in [0.25, 0.3) is 0 Å². The van der Waals surface area contributed by atoms with E-state index in [0.29, 0.717) is 0 Å². The Morgan fingerprint density at radius 3 is 2.93 bits per heavy atom. The van der Waals surface area contributed by atoms with Crippen LogP contribution in [-0.4, -0.2) is 14.5 Å². The first kappa shape index (κ1) is 10.3. The number of thiazole rings is 1. The second-order valence-electron chi connectivity index (χ2n) is 3.33. The van der Waals surface area contributed by atoms with E-state index in [1.807, 2.05) is 19.3 Å². The molecule has 0 saturated heterocycles. The molecule has 0 bridgehead atoms. The minimum absolute atomic E-state index is 0.161. The maximum absolute atomic E-state index is 6.14. The average Bonchev–Trinajstić information content (AvgIpc) is 2.84. The van der Waals surface area contributed by atoms with Crippen molar-refractivity contribution in [3.05, 3.63) is 34.3 Å². The number of aromatic nitrogens is 3. The number of rotatable bonds is 3. The molecule has 0 saturated carbocycles. The fourth-order valence-electron chi connectivity index (χ4n) is 1.52. The van der Waals surface area contributed by atoms with E-state index in [2.05, 4.69) is 21.5 Å². The van der Waals surface area contributed by atoms with Crippen LogP contribution in [0.1, 0.15) is 28.7 Å². The molecule has 0 fully saturated rings. The fourth-order valence-corrected chi connectivity index (χ4v) is 2.30. The SMILES string of the molecule is CCn1ccnc1C(N)c1cnc(C)s1. The molecule has 80 valence electrons. The van der Waals surface area contributed by atoms with Gasteiger partial charge in [0.1, 0.15) is 5.82 Å². The highest BCUT2D eigenvalue weighted by Gasteiger charge is 2.16. The molecular weight excluding hydrogens is 208 g/mol. The standard InChI is InChI=1S/C10H14N4S/c1-3-14-5-4-12-10(14)9(11)8-6-13-7(2)15-8/h4-6,9H,3,11H2,1-2H3. The molecule has 0 radical (unpaired) electrons. The molecule has 0 aliphatic rings. The van der Waals surface area contributed by atoms with Gasteiger partial charge in [-0.15, -0.1) is 11.3 Å². The number of imidazole rings is 1.